The van der Waals surface area contributed by atoms with E-state index >= 15 is 0 Å². The summed E-state index contributed by atoms with van der Waals surface area (Å²) < 4.78 is 1.67. The summed E-state index contributed by atoms with van der Waals surface area (Å²) in [5, 5.41) is 4.81. The first-order valence-electron chi connectivity index (χ1n) is 7.43. The van der Waals surface area contributed by atoms with E-state index in [1.165, 1.54) is 0 Å². The molecule has 6 nitrogen and oxygen atoms in total. The largest absolute Gasteiger partial charge is 0.370 e. The number of nitrogens with zero attached hydrogens (tertiary/aromatic N) is 5. The van der Waals surface area contributed by atoms with Crippen molar-refractivity contribution in [3.8, 4) is 5.82 Å². The molecular weight excluding hydrogens is 332 g/mol. The number of halogens is 1. The van der Waals surface area contributed by atoms with Gasteiger partial charge in [-0.15, -0.1) is 0 Å². The summed E-state index contributed by atoms with van der Waals surface area (Å²) in [6.45, 7) is 4.32. The van der Waals surface area contributed by atoms with E-state index in [2.05, 4.69) is 20.0 Å². The van der Waals surface area contributed by atoms with Crippen LogP contribution in [0.15, 0.2) is 29.5 Å². The van der Waals surface area contributed by atoms with Crippen molar-refractivity contribution >= 4 is 29.3 Å². The third-order valence-corrected chi connectivity index (χ3v) is 4.75. The molecule has 1 fully saturated rings. The van der Waals surface area contributed by atoms with Crippen LogP contribution in [0.4, 0.5) is 0 Å². The van der Waals surface area contributed by atoms with Gasteiger partial charge < -0.3 is 10.6 Å². The second-order valence-corrected chi connectivity index (χ2v) is 6.97. The van der Waals surface area contributed by atoms with Crippen molar-refractivity contribution in [3.63, 3.8) is 0 Å². The number of guanidine groups is 1. The highest BCUT2D eigenvalue weighted by atomic mass is 35.5. The lowest BCUT2D eigenvalue weighted by atomic mass is 10.2. The maximum atomic E-state index is 6.12. The van der Waals surface area contributed by atoms with Crippen molar-refractivity contribution in [1.82, 2.24) is 19.7 Å². The highest BCUT2D eigenvalue weighted by Gasteiger charge is 2.13. The van der Waals surface area contributed by atoms with Gasteiger partial charge >= 0.3 is 0 Å². The Labute approximate surface area is 144 Å². The van der Waals surface area contributed by atoms with Gasteiger partial charge in [0.25, 0.3) is 0 Å². The van der Waals surface area contributed by atoms with Gasteiger partial charge in [0, 0.05) is 35.9 Å². The zero-order valence-electron chi connectivity index (χ0n) is 12.9. The summed E-state index contributed by atoms with van der Waals surface area (Å²) in [5.74, 6) is 3.52. The zero-order chi connectivity index (χ0) is 16.2. The maximum Gasteiger partial charge on any atom is 0.191 e. The monoisotopic (exact) mass is 350 g/mol. The highest BCUT2D eigenvalue weighted by Crippen LogP contribution is 2.16. The molecule has 23 heavy (non-hydrogen) atoms. The molecule has 0 aromatic carbocycles. The zero-order valence-corrected chi connectivity index (χ0v) is 14.5. The Bertz CT molecular complexity index is 708. The molecule has 1 aliphatic heterocycles. The summed E-state index contributed by atoms with van der Waals surface area (Å²) in [4.78, 5) is 11.2. The average Bonchev–Trinajstić information content (AvgIpc) is 3.00. The topological polar surface area (TPSA) is 72.3 Å². The quantitative estimate of drug-likeness (QED) is 0.678. The molecule has 8 heteroatoms. The van der Waals surface area contributed by atoms with Gasteiger partial charge in [0.15, 0.2) is 11.8 Å². The van der Waals surface area contributed by atoms with Crippen LogP contribution in [0.25, 0.3) is 5.82 Å². The van der Waals surface area contributed by atoms with E-state index in [4.69, 9.17) is 17.3 Å². The molecule has 2 N–H and O–H groups in total. The number of aliphatic imine (C=N–C) groups is 1. The van der Waals surface area contributed by atoms with Gasteiger partial charge in [0.1, 0.15) is 0 Å². The molecule has 0 bridgehead atoms. The Morgan fingerprint density at radius 3 is 2.87 bits per heavy atom. The first-order valence-corrected chi connectivity index (χ1v) is 8.96. The molecule has 0 amide bonds. The standard InChI is InChI=1S/C15H19ClN6S/c1-11-2-3-12(14(20-11)22-10-13(16)9-19-22)8-18-15(17)21-4-6-23-7-5-21/h2-3,9-10H,4-8H2,1H3,(H2,17,18). The fourth-order valence-corrected chi connectivity index (χ4v) is 3.41. The Hall–Kier alpha value is -1.73. The Morgan fingerprint density at radius 2 is 2.17 bits per heavy atom. The summed E-state index contributed by atoms with van der Waals surface area (Å²) >= 11 is 7.91. The summed E-state index contributed by atoms with van der Waals surface area (Å²) in [5.41, 5.74) is 8.00. The van der Waals surface area contributed by atoms with Crippen LogP contribution in [0.2, 0.25) is 5.02 Å². The predicted molar refractivity (Wildman–Crippen MR) is 95.3 cm³/mol. The molecule has 0 atom stereocenters. The number of nitrogens with two attached hydrogens (primary N) is 1. The van der Waals surface area contributed by atoms with Gasteiger partial charge in [0.2, 0.25) is 0 Å². The van der Waals surface area contributed by atoms with Crippen molar-refractivity contribution in [2.45, 2.75) is 13.5 Å². The van der Waals surface area contributed by atoms with E-state index in [0.717, 1.165) is 41.7 Å². The molecule has 0 saturated carbocycles. The third kappa shape index (κ3) is 3.97. The molecule has 0 radical (unpaired) electrons. The molecule has 0 spiro atoms. The molecule has 3 heterocycles. The minimum Gasteiger partial charge on any atom is -0.370 e. The van der Waals surface area contributed by atoms with Gasteiger partial charge in [-0.25, -0.2) is 14.7 Å². The summed E-state index contributed by atoms with van der Waals surface area (Å²) in [6.07, 6.45) is 3.33. The third-order valence-electron chi connectivity index (χ3n) is 3.61. The predicted octanol–water partition coefficient (Wildman–Crippen LogP) is 2.09. The van der Waals surface area contributed by atoms with Crippen LogP contribution in [-0.4, -0.2) is 50.2 Å². The molecule has 1 saturated heterocycles. The van der Waals surface area contributed by atoms with Crippen LogP contribution in [0.1, 0.15) is 11.3 Å². The number of thioether (sulfide) groups is 1. The van der Waals surface area contributed by atoms with E-state index in [1.807, 2.05) is 30.8 Å². The lowest BCUT2D eigenvalue weighted by Crippen LogP contribution is -2.42. The fourth-order valence-electron chi connectivity index (χ4n) is 2.37. The second kappa shape index (κ2) is 7.23. The minimum absolute atomic E-state index is 0.468. The number of aryl methyl sites for hydroxylation is 1. The van der Waals surface area contributed by atoms with Crippen molar-refractivity contribution in [1.29, 1.82) is 0 Å². The minimum atomic E-state index is 0.468. The number of rotatable bonds is 3. The second-order valence-electron chi connectivity index (χ2n) is 5.31. The van der Waals surface area contributed by atoms with Crippen molar-refractivity contribution in [2.24, 2.45) is 10.7 Å². The van der Waals surface area contributed by atoms with Crippen LogP contribution in [-0.2, 0) is 6.54 Å². The van der Waals surface area contributed by atoms with Gasteiger partial charge in [-0.05, 0) is 13.0 Å². The Morgan fingerprint density at radius 1 is 1.39 bits per heavy atom. The van der Waals surface area contributed by atoms with Crippen LogP contribution in [0.5, 0.6) is 0 Å². The Balaban J connectivity index is 1.82. The van der Waals surface area contributed by atoms with Gasteiger partial charge in [-0.1, -0.05) is 17.7 Å². The number of hydrogen-bond acceptors (Lipinski definition) is 4. The van der Waals surface area contributed by atoms with E-state index < -0.39 is 0 Å². The lowest BCUT2D eigenvalue weighted by molar-refractivity contribution is 0.455. The van der Waals surface area contributed by atoms with Crippen LogP contribution in [0, 0.1) is 6.92 Å². The van der Waals surface area contributed by atoms with Crippen molar-refractivity contribution < 1.29 is 0 Å². The van der Waals surface area contributed by atoms with E-state index in [1.54, 1.807) is 17.1 Å². The van der Waals surface area contributed by atoms with Crippen LogP contribution in [0.3, 0.4) is 0 Å². The lowest BCUT2D eigenvalue weighted by Gasteiger charge is -2.27. The molecule has 1 aliphatic rings. The van der Waals surface area contributed by atoms with Gasteiger partial charge in [0.05, 0.1) is 24.0 Å². The molecule has 2 aromatic rings. The van der Waals surface area contributed by atoms with E-state index in [9.17, 15) is 0 Å². The first kappa shape index (κ1) is 16.1. The highest BCUT2D eigenvalue weighted by molar-refractivity contribution is 7.99. The van der Waals surface area contributed by atoms with Gasteiger partial charge in [-0.3, -0.25) is 0 Å². The van der Waals surface area contributed by atoms with E-state index in [0.29, 0.717) is 17.5 Å². The summed E-state index contributed by atoms with van der Waals surface area (Å²) in [6, 6.07) is 3.98. The number of aromatic nitrogens is 3. The molecule has 2 aromatic heterocycles. The number of pyridine rings is 1. The van der Waals surface area contributed by atoms with Crippen molar-refractivity contribution in [3.05, 3.63) is 40.8 Å². The molecule has 0 aliphatic carbocycles. The fraction of sp³-hybridized carbons (Fsp3) is 0.400. The molecule has 3 rings (SSSR count). The van der Waals surface area contributed by atoms with Crippen LogP contribution < -0.4 is 5.73 Å². The van der Waals surface area contributed by atoms with E-state index in [-0.39, 0.29) is 0 Å². The normalized spacial score (nSPS) is 15.9. The molecular formula is C15H19ClN6S. The average molecular weight is 351 g/mol. The SMILES string of the molecule is Cc1ccc(CN=C(N)N2CCSCC2)c(-n2cc(Cl)cn2)n1. The maximum absolute atomic E-state index is 6.12. The first-order chi connectivity index (χ1) is 11.1. The number of hydrogen-bond donors (Lipinski definition) is 1. The van der Waals surface area contributed by atoms with Gasteiger partial charge in [-0.2, -0.15) is 16.9 Å². The molecule has 0 unspecified atom stereocenters. The Kier molecular flexibility index (Phi) is 5.07. The van der Waals surface area contributed by atoms with Crippen molar-refractivity contribution in [2.75, 3.05) is 24.6 Å². The van der Waals surface area contributed by atoms with Crippen LogP contribution >= 0.6 is 23.4 Å². The smallest absolute Gasteiger partial charge is 0.191 e. The molecule has 122 valence electrons. The summed E-state index contributed by atoms with van der Waals surface area (Å²) in [7, 11) is 0.